The van der Waals surface area contributed by atoms with Gasteiger partial charge in [0.1, 0.15) is 5.57 Å². The van der Waals surface area contributed by atoms with Gasteiger partial charge in [0.25, 0.3) is 0 Å². The van der Waals surface area contributed by atoms with Crippen molar-refractivity contribution in [2.24, 2.45) is 10.1 Å². The predicted octanol–water partition coefficient (Wildman–Crippen LogP) is -1.15. The Morgan fingerprint density at radius 2 is 2.31 bits per heavy atom. The van der Waals surface area contributed by atoms with Crippen LogP contribution in [0.2, 0.25) is 0 Å². The zero-order valence-electron chi connectivity index (χ0n) is 7.27. The van der Waals surface area contributed by atoms with Crippen LogP contribution in [0.5, 0.6) is 0 Å². The van der Waals surface area contributed by atoms with Crippen LogP contribution < -0.4 is 10.7 Å². The number of nitrogens with zero attached hydrogens (tertiary/aromatic N) is 4. The topological polar surface area (TPSA) is 71.2 Å². The van der Waals surface area contributed by atoms with Crippen molar-refractivity contribution in [3.8, 4) is 0 Å². The highest BCUT2D eigenvalue weighted by Crippen LogP contribution is 2.14. The van der Waals surface area contributed by atoms with E-state index in [4.69, 9.17) is 0 Å². The van der Waals surface area contributed by atoms with Gasteiger partial charge in [-0.25, -0.2) is 4.99 Å². The molecule has 0 saturated heterocycles. The Morgan fingerprint density at radius 3 is 3.00 bits per heavy atom. The Kier molecular flexibility index (Phi) is 1.54. The number of aliphatic imine (C=N–C) groups is 1. The van der Waals surface area contributed by atoms with Crippen molar-refractivity contribution in [2.75, 3.05) is 14.1 Å². The minimum absolute atomic E-state index is 0.333. The molecule has 2 heterocycles. The molecule has 13 heavy (non-hydrogen) atoms. The third-order valence-corrected chi connectivity index (χ3v) is 1.88. The average molecular weight is 178 g/mol. The monoisotopic (exact) mass is 178 g/mol. The number of amides is 1. The van der Waals surface area contributed by atoms with Crippen LogP contribution in [0.25, 0.3) is 0 Å². The molecule has 0 atom stereocenters. The van der Waals surface area contributed by atoms with Crippen LogP contribution in [-0.2, 0) is 4.79 Å². The van der Waals surface area contributed by atoms with E-state index in [0.29, 0.717) is 17.4 Å². The number of likely N-dealkylation sites (N-methyl/N-ethyl adjacent to an activating group) is 1. The SMILES string of the molecule is CNC1=NC=C2C(=O)[N]N=C2N1C. The zero-order chi connectivity index (χ0) is 9.42. The largest absolute Gasteiger partial charge is 0.359 e. The molecule has 0 saturated carbocycles. The quantitative estimate of drug-likeness (QED) is 0.509. The molecule has 67 valence electrons. The summed E-state index contributed by atoms with van der Waals surface area (Å²) in [6.45, 7) is 0. The van der Waals surface area contributed by atoms with Gasteiger partial charge in [0.2, 0.25) is 5.96 Å². The molecule has 2 rings (SSSR count). The van der Waals surface area contributed by atoms with Crippen LogP contribution in [0.1, 0.15) is 0 Å². The Morgan fingerprint density at radius 1 is 1.54 bits per heavy atom. The van der Waals surface area contributed by atoms with Crippen LogP contribution in [0.4, 0.5) is 0 Å². The fourth-order valence-corrected chi connectivity index (χ4v) is 1.20. The summed E-state index contributed by atoms with van der Waals surface area (Å²) in [7, 11) is 3.53. The van der Waals surface area contributed by atoms with Crippen molar-refractivity contribution >= 4 is 17.7 Å². The number of carbonyl (C=O) groups excluding carboxylic acids is 1. The first kappa shape index (κ1) is 7.78. The second-order valence-electron chi connectivity index (χ2n) is 2.63. The number of nitrogens with one attached hydrogen (secondary N) is 1. The molecule has 0 spiro atoms. The summed E-state index contributed by atoms with van der Waals surface area (Å²) >= 11 is 0. The van der Waals surface area contributed by atoms with E-state index >= 15 is 0 Å². The van der Waals surface area contributed by atoms with E-state index in [2.05, 4.69) is 20.8 Å². The lowest BCUT2D eigenvalue weighted by molar-refractivity contribution is -0.116. The molecule has 1 N–H and O–H groups in total. The van der Waals surface area contributed by atoms with E-state index in [1.54, 1.807) is 19.0 Å². The normalized spacial score (nSPS) is 20.0. The van der Waals surface area contributed by atoms with Gasteiger partial charge in [0.05, 0.1) is 0 Å². The van der Waals surface area contributed by atoms with Gasteiger partial charge in [0, 0.05) is 20.3 Å². The first-order chi connectivity index (χ1) is 6.24. The van der Waals surface area contributed by atoms with Gasteiger partial charge in [0.15, 0.2) is 5.84 Å². The Balaban J connectivity index is 2.42. The van der Waals surface area contributed by atoms with E-state index in [1.165, 1.54) is 6.20 Å². The highest BCUT2D eigenvalue weighted by molar-refractivity contribution is 6.27. The third kappa shape index (κ3) is 0.986. The van der Waals surface area contributed by atoms with E-state index < -0.39 is 0 Å². The molecule has 0 aromatic carbocycles. The number of fused-ring (bicyclic) bond motifs is 1. The number of hydrogen-bond acceptors (Lipinski definition) is 5. The summed E-state index contributed by atoms with van der Waals surface area (Å²) < 4.78 is 0. The van der Waals surface area contributed by atoms with Crippen molar-refractivity contribution in [3.05, 3.63) is 11.8 Å². The smallest absolute Gasteiger partial charge is 0.300 e. The molecule has 6 nitrogen and oxygen atoms in total. The lowest BCUT2D eigenvalue weighted by Gasteiger charge is -2.22. The van der Waals surface area contributed by atoms with Crippen LogP contribution in [-0.4, -0.2) is 36.7 Å². The van der Waals surface area contributed by atoms with Gasteiger partial charge in [-0.2, -0.15) is 0 Å². The lowest BCUT2D eigenvalue weighted by atomic mass is 10.2. The maximum absolute atomic E-state index is 11.1. The van der Waals surface area contributed by atoms with Gasteiger partial charge >= 0.3 is 5.91 Å². The minimum Gasteiger partial charge on any atom is -0.359 e. The lowest BCUT2D eigenvalue weighted by Crippen LogP contribution is -2.42. The fourth-order valence-electron chi connectivity index (χ4n) is 1.20. The molecule has 0 unspecified atom stereocenters. The van der Waals surface area contributed by atoms with E-state index in [-0.39, 0.29) is 5.91 Å². The summed E-state index contributed by atoms with van der Waals surface area (Å²) in [5.74, 6) is 0.859. The van der Waals surface area contributed by atoms with E-state index in [0.717, 1.165) is 0 Å². The molecule has 1 radical (unpaired) electrons. The second kappa shape index (κ2) is 2.58. The molecule has 0 aromatic heterocycles. The molecule has 2 aliphatic heterocycles. The molecule has 1 amide bonds. The van der Waals surface area contributed by atoms with Crippen LogP contribution >= 0.6 is 0 Å². The van der Waals surface area contributed by atoms with Gasteiger partial charge in [-0.05, 0) is 0 Å². The summed E-state index contributed by atoms with van der Waals surface area (Å²) in [5, 5.41) is 6.63. The van der Waals surface area contributed by atoms with E-state index in [1.807, 2.05) is 0 Å². The fraction of sp³-hybridized carbons (Fsp3) is 0.286. The van der Waals surface area contributed by atoms with Crippen LogP contribution in [0.15, 0.2) is 21.9 Å². The van der Waals surface area contributed by atoms with Gasteiger partial charge in [-0.3, -0.25) is 9.69 Å². The standard InChI is InChI=1S/C7H8N5O/c1-8-7-9-3-4-5(12(7)2)10-11-6(4)13/h3H,1-2H3,(H,8,9). The van der Waals surface area contributed by atoms with Crippen molar-refractivity contribution < 1.29 is 4.79 Å². The van der Waals surface area contributed by atoms with Gasteiger partial charge in [-0.1, -0.05) is 0 Å². The number of hydrogen-bond donors (Lipinski definition) is 1. The van der Waals surface area contributed by atoms with E-state index in [9.17, 15) is 4.79 Å². The molecule has 6 heteroatoms. The number of guanidine groups is 1. The number of amidine groups is 1. The molecule has 0 bridgehead atoms. The maximum atomic E-state index is 11.1. The maximum Gasteiger partial charge on any atom is 0.300 e. The van der Waals surface area contributed by atoms with Crippen LogP contribution in [0, 0.1) is 0 Å². The highest BCUT2D eigenvalue weighted by atomic mass is 16.2. The molecule has 0 fully saturated rings. The predicted molar refractivity (Wildman–Crippen MR) is 46.9 cm³/mol. The summed E-state index contributed by atoms with van der Waals surface area (Å²) in [6.07, 6.45) is 1.48. The minimum atomic E-state index is -0.333. The third-order valence-electron chi connectivity index (χ3n) is 1.88. The first-order valence-electron chi connectivity index (χ1n) is 3.77. The van der Waals surface area contributed by atoms with Gasteiger partial charge < -0.3 is 5.32 Å². The highest BCUT2D eigenvalue weighted by Gasteiger charge is 2.31. The van der Waals surface area contributed by atoms with Crippen molar-refractivity contribution in [3.63, 3.8) is 0 Å². The Labute approximate surface area is 75.0 Å². The molecule has 0 aliphatic carbocycles. The molecular weight excluding hydrogens is 170 g/mol. The molecular formula is C7H8N5O. The molecule has 2 aliphatic rings. The van der Waals surface area contributed by atoms with Crippen molar-refractivity contribution in [1.82, 2.24) is 15.6 Å². The molecule has 0 aromatic rings. The van der Waals surface area contributed by atoms with Crippen molar-refractivity contribution in [2.45, 2.75) is 0 Å². The van der Waals surface area contributed by atoms with Crippen molar-refractivity contribution in [1.29, 1.82) is 0 Å². The summed E-state index contributed by atoms with van der Waals surface area (Å²) in [4.78, 5) is 16.8. The Hall–Kier alpha value is -1.85. The van der Waals surface area contributed by atoms with Gasteiger partial charge in [-0.15, -0.1) is 10.5 Å². The second-order valence-corrected chi connectivity index (χ2v) is 2.63. The van der Waals surface area contributed by atoms with Crippen LogP contribution in [0.3, 0.4) is 0 Å². The number of rotatable bonds is 0. The Bertz CT molecular complexity index is 354. The summed E-state index contributed by atoms with van der Waals surface area (Å²) in [6, 6.07) is 0. The zero-order valence-corrected chi connectivity index (χ0v) is 7.27. The summed E-state index contributed by atoms with van der Waals surface area (Å²) in [5.41, 5.74) is 3.88. The average Bonchev–Trinajstić information content (AvgIpc) is 2.50. The number of carbonyl (C=O) groups is 1. The first-order valence-corrected chi connectivity index (χ1v) is 3.77.